The molecule has 4 heteroatoms. The molecule has 0 aliphatic rings. The molecule has 2 nitrogen and oxygen atoms in total. The fourth-order valence-electron chi connectivity index (χ4n) is 1.21. The van der Waals surface area contributed by atoms with Crippen LogP contribution in [0.5, 0.6) is 0 Å². The quantitative estimate of drug-likeness (QED) is 0.784. The highest BCUT2D eigenvalue weighted by Gasteiger charge is 2.01. The number of rotatable bonds is 6. The lowest BCUT2D eigenvalue weighted by Crippen LogP contribution is -2.15. The number of halogens is 1. The molecule has 0 fully saturated rings. The lowest BCUT2D eigenvalue weighted by Gasteiger charge is -2.01. The molecule has 14 heavy (non-hydrogen) atoms. The molecular weight excluding hydrogens is 260 g/mol. The van der Waals surface area contributed by atoms with Crippen LogP contribution in [-0.4, -0.2) is 13.1 Å². The average Bonchev–Trinajstić information content (AvgIpc) is 2.46. The van der Waals surface area contributed by atoms with E-state index in [0.717, 1.165) is 26.1 Å². The summed E-state index contributed by atoms with van der Waals surface area (Å²) >= 11 is 5.36. The molecule has 0 radical (unpaired) electrons. The fraction of sp³-hybridized carbons (Fsp3) is 0.600. The van der Waals surface area contributed by atoms with E-state index in [2.05, 4.69) is 34.2 Å². The first-order chi connectivity index (χ1) is 6.74. The Bertz CT molecular complexity index is 254. The van der Waals surface area contributed by atoms with E-state index in [9.17, 15) is 0 Å². The highest BCUT2D eigenvalue weighted by atomic mass is 79.9. The van der Waals surface area contributed by atoms with Gasteiger partial charge in [-0.05, 0) is 54.9 Å². The van der Waals surface area contributed by atoms with Crippen molar-refractivity contribution in [2.75, 3.05) is 13.1 Å². The lowest BCUT2D eigenvalue weighted by atomic mass is 10.3. The number of nitrogens with two attached hydrogens (primary N) is 1. The molecule has 1 aromatic rings. The zero-order chi connectivity index (χ0) is 10.4. The minimum atomic E-state index is 0.797. The van der Waals surface area contributed by atoms with Gasteiger partial charge in [-0.3, -0.25) is 0 Å². The van der Waals surface area contributed by atoms with Gasteiger partial charge >= 0.3 is 0 Å². The summed E-state index contributed by atoms with van der Waals surface area (Å²) in [4.78, 5) is 2.74. The van der Waals surface area contributed by atoms with Gasteiger partial charge in [0.1, 0.15) is 0 Å². The van der Waals surface area contributed by atoms with E-state index in [1.165, 1.54) is 20.6 Å². The van der Waals surface area contributed by atoms with Crippen molar-refractivity contribution in [1.29, 1.82) is 0 Å². The average molecular weight is 277 g/mol. The van der Waals surface area contributed by atoms with E-state index in [4.69, 9.17) is 5.73 Å². The summed E-state index contributed by atoms with van der Waals surface area (Å²) in [5.74, 6) is 0. The molecular formula is C10H17BrN2S. The largest absolute Gasteiger partial charge is 0.330 e. The van der Waals surface area contributed by atoms with E-state index < -0.39 is 0 Å². The standard InChI is InChI=1S/C10H17BrN2S/c1-8-10(11)6-9(14-8)7-13-5-3-2-4-12/h6,13H,2-5,7,12H2,1H3. The molecule has 0 bridgehead atoms. The second-order valence-electron chi connectivity index (χ2n) is 3.29. The zero-order valence-corrected chi connectivity index (χ0v) is 10.9. The van der Waals surface area contributed by atoms with Gasteiger partial charge in [0.15, 0.2) is 0 Å². The summed E-state index contributed by atoms with van der Waals surface area (Å²) < 4.78 is 1.22. The molecule has 80 valence electrons. The van der Waals surface area contributed by atoms with Crippen molar-refractivity contribution in [1.82, 2.24) is 5.32 Å². The Labute approximate surface area is 98.0 Å². The Kier molecular flexibility index (Phi) is 5.70. The van der Waals surface area contributed by atoms with Gasteiger partial charge in [0.2, 0.25) is 0 Å². The molecule has 0 saturated heterocycles. The maximum Gasteiger partial charge on any atom is 0.0314 e. The number of nitrogens with one attached hydrogen (secondary N) is 1. The normalized spacial score (nSPS) is 10.8. The highest BCUT2D eigenvalue weighted by Crippen LogP contribution is 2.25. The third kappa shape index (κ3) is 4.09. The molecule has 1 aromatic heterocycles. The third-order valence-electron chi connectivity index (χ3n) is 2.02. The van der Waals surface area contributed by atoms with Crippen LogP contribution in [0.2, 0.25) is 0 Å². The molecule has 0 spiro atoms. The van der Waals surface area contributed by atoms with Gasteiger partial charge in [-0.1, -0.05) is 0 Å². The van der Waals surface area contributed by atoms with E-state index >= 15 is 0 Å². The Morgan fingerprint density at radius 3 is 2.86 bits per heavy atom. The molecule has 0 atom stereocenters. The molecule has 0 saturated carbocycles. The number of thiophene rings is 1. The van der Waals surface area contributed by atoms with Crippen molar-refractivity contribution in [3.63, 3.8) is 0 Å². The number of unbranched alkanes of at least 4 members (excludes halogenated alkanes) is 1. The first kappa shape index (κ1) is 12.2. The molecule has 1 rings (SSSR count). The van der Waals surface area contributed by atoms with Gasteiger partial charge in [0.05, 0.1) is 0 Å². The first-order valence-electron chi connectivity index (χ1n) is 4.89. The van der Waals surface area contributed by atoms with Crippen molar-refractivity contribution >= 4 is 27.3 Å². The van der Waals surface area contributed by atoms with Crippen molar-refractivity contribution in [3.8, 4) is 0 Å². The molecule has 0 unspecified atom stereocenters. The molecule has 1 heterocycles. The zero-order valence-electron chi connectivity index (χ0n) is 8.48. The van der Waals surface area contributed by atoms with Crippen LogP contribution in [0.15, 0.2) is 10.5 Å². The van der Waals surface area contributed by atoms with Gasteiger partial charge in [0, 0.05) is 20.8 Å². The summed E-state index contributed by atoms with van der Waals surface area (Å²) in [6.07, 6.45) is 2.28. The van der Waals surface area contributed by atoms with Gasteiger partial charge < -0.3 is 11.1 Å². The van der Waals surface area contributed by atoms with E-state index in [1.807, 2.05) is 11.3 Å². The van der Waals surface area contributed by atoms with Crippen LogP contribution >= 0.6 is 27.3 Å². The maximum atomic E-state index is 5.41. The Morgan fingerprint density at radius 2 is 2.29 bits per heavy atom. The monoisotopic (exact) mass is 276 g/mol. The molecule has 3 N–H and O–H groups in total. The van der Waals surface area contributed by atoms with Crippen LogP contribution < -0.4 is 11.1 Å². The minimum absolute atomic E-state index is 0.797. The van der Waals surface area contributed by atoms with Crippen molar-refractivity contribution in [2.45, 2.75) is 26.3 Å². The summed E-state index contributed by atoms with van der Waals surface area (Å²) in [7, 11) is 0. The van der Waals surface area contributed by atoms with Crippen LogP contribution in [0.4, 0.5) is 0 Å². The topological polar surface area (TPSA) is 38.0 Å². The molecule has 0 aliphatic heterocycles. The van der Waals surface area contributed by atoms with Crippen LogP contribution in [0.1, 0.15) is 22.6 Å². The van der Waals surface area contributed by atoms with Gasteiger partial charge in [-0.25, -0.2) is 0 Å². The molecule has 0 amide bonds. The van der Waals surface area contributed by atoms with Crippen LogP contribution in [-0.2, 0) is 6.54 Å². The van der Waals surface area contributed by atoms with Gasteiger partial charge in [-0.2, -0.15) is 0 Å². The predicted octanol–water partition coefficient (Wildman–Crippen LogP) is 2.65. The van der Waals surface area contributed by atoms with Crippen LogP contribution in [0, 0.1) is 6.92 Å². The van der Waals surface area contributed by atoms with E-state index in [-0.39, 0.29) is 0 Å². The summed E-state index contributed by atoms with van der Waals surface area (Å²) in [6, 6.07) is 2.19. The molecule has 0 aliphatic carbocycles. The van der Waals surface area contributed by atoms with E-state index in [1.54, 1.807) is 0 Å². The Morgan fingerprint density at radius 1 is 1.50 bits per heavy atom. The summed E-state index contributed by atoms with van der Waals surface area (Å²) in [6.45, 7) is 4.96. The fourth-order valence-corrected chi connectivity index (χ4v) is 2.78. The van der Waals surface area contributed by atoms with Crippen LogP contribution in [0.3, 0.4) is 0 Å². The Hall–Kier alpha value is 0.100. The summed E-state index contributed by atoms with van der Waals surface area (Å²) in [5.41, 5.74) is 5.41. The molecule has 0 aromatic carbocycles. The SMILES string of the molecule is Cc1sc(CNCCCCN)cc1Br. The highest BCUT2D eigenvalue weighted by molar-refractivity contribution is 9.10. The van der Waals surface area contributed by atoms with Gasteiger partial charge in [-0.15, -0.1) is 11.3 Å². The van der Waals surface area contributed by atoms with Crippen molar-refractivity contribution in [3.05, 3.63) is 20.3 Å². The third-order valence-corrected chi connectivity index (χ3v) is 4.15. The number of hydrogen-bond donors (Lipinski definition) is 2. The summed E-state index contributed by atoms with van der Waals surface area (Å²) in [5, 5.41) is 3.41. The second kappa shape index (κ2) is 6.56. The predicted molar refractivity (Wildman–Crippen MR) is 66.8 cm³/mol. The van der Waals surface area contributed by atoms with E-state index in [0.29, 0.717) is 0 Å². The maximum absolute atomic E-state index is 5.41. The van der Waals surface area contributed by atoms with Crippen molar-refractivity contribution < 1.29 is 0 Å². The number of hydrogen-bond acceptors (Lipinski definition) is 3. The Balaban J connectivity index is 2.18. The van der Waals surface area contributed by atoms with Crippen molar-refractivity contribution in [2.24, 2.45) is 5.73 Å². The first-order valence-corrected chi connectivity index (χ1v) is 6.50. The second-order valence-corrected chi connectivity index (χ2v) is 5.48. The minimum Gasteiger partial charge on any atom is -0.330 e. The smallest absolute Gasteiger partial charge is 0.0314 e. The lowest BCUT2D eigenvalue weighted by molar-refractivity contribution is 0.631. The van der Waals surface area contributed by atoms with Gasteiger partial charge in [0.25, 0.3) is 0 Å². The number of aryl methyl sites for hydroxylation is 1. The van der Waals surface area contributed by atoms with Crippen LogP contribution in [0.25, 0.3) is 0 Å².